The van der Waals surface area contributed by atoms with Crippen molar-refractivity contribution in [1.82, 2.24) is 0 Å². The second-order valence-electron chi connectivity index (χ2n) is 6.24. The maximum absolute atomic E-state index is 12.6. The van der Waals surface area contributed by atoms with E-state index in [0.29, 0.717) is 18.4 Å². The second kappa shape index (κ2) is 10.0. The van der Waals surface area contributed by atoms with Crippen LogP contribution in [0.3, 0.4) is 0 Å². The summed E-state index contributed by atoms with van der Waals surface area (Å²) in [6, 6.07) is 6.66. The standard InChI is InChI=1S/C17H25NO5S.Na.H/c1-2-3-4-5-6-9-14-23-24(21,22)17(18(19)20)13-12-15-10-7-8-11-16(15)17;;/h7-8,10-11H,2-6,9,12-14H2,1H3;;. The fraction of sp³-hybridized carbons (Fsp3) is 0.647. The summed E-state index contributed by atoms with van der Waals surface area (Å²) in [5.74, 6) is 0. The summed E-state index contributed by atoms with van der Waals surface area (Å²) in [6.07, 6.45) is 6.23. The van der Waals surface area contributed by atoms with Gasteiger partial charge in [-0.1, -0.05) is 63.3 Å². The zero-order valence-corrected chi connectivity index (χ0v) is 14.9. The monoisotopic (exact) mass is 379 g/mol. The van der Waals surface area contributed by atoms with Crippen LogP contribution in [0.15, 0.2) is 24.3 Å². The van der Waals surface area contributed by atoms with Gasteiger partial charge in [0, 0.05) is 11.3 Å². The summed E-state index contributed by atoms with van der Waals surface area (Å²) in [5.41, 5.74) is 0.957. The molecule has 0 saturated heterocycles. The Morgan fingerprint density at radius 2 is 1.80 bits per heavy atom. The molecule has 0 N–H and O–H groups in total. The van der Waals surface area contributed by atoms with Crippen molar-refractivity contribution in [2.24, 2.45) is 0 Å². The molecular weight excluding hydrogens is 353 g/mol. The molecule has 0 saturated carbocycles. The van der Waals surface area contributed by atoms with Gasteiger partial charge >= 0.3 is 44.5 Å². The van der Waals surface area contributed by atoms with Gasteiger partial charge in [-0.2, -0.15) is 8.42 Å². The Hall–Kier alpha value is -0.470. The molecule has 0 aliphatic heterocycles. The van der Waals surface area contributed by atoms with Crippen LogP contribution >= 0.6 is 0 Å². The van der Waals surface area contributed by atoms with Crippen LogP contribution < -0.4 is 0 Å². The van der Waals surface area contributed by atoms with Crippen molar-refractivity contribution in [1.29, 1.82) is 0 Å². The minimum atomic E-state index is -4.33. The maximum atomic E-state index is 12.6. The van der Waals surface area contributed by atoms with Crippen molar-refractivity contribution >= 4 is 39.7 Å². The number of hydrogen-bond donors (Lipinski definition) is 0. The molecule has 2 rings (SSSR count). The molecule has 1 aliphatic carbocycles. The van der Waals surface area contributed by atoms with Gasteiger partial charge in [0.15, 0.2) is 0 Å². The van der Waals surface area contributed by atoms with E-state index < -0.39 is 19.9 Å². The number of aryl methyl sites for hydroxylation is 1. The first kappa shape index (κ1) is 22.6. The van der Waals surface area contributed by atoms with Crippen LogP contribution in [-0.2, 0) is 25.6 Å². The SMILES string of the molecule is CCCCCCCCOS(=O)(=O)C1([N+](=O)[O-])CCc2ccccc21.[NaH]. The molecule has 1 aromatic rings. The zero-order valence-electron chi connectivity index (χ0n) is 14.1. The van der Waals surface area contributed by atoms with Gasteiger partial charge in [0.25, 0.3) is 0 Å². The van der Waals surface area contributed by atoms with Gasteiger partial charge in [0.2, 0.25) is 0 Å². The summed E-state index contributed by atoms with van der Waals surface area (Å²) < 4.78 is 30.3. The molecule has 0 radical (unpaired) electrons. The van der Waals surface area contributed by atoms with E-state index in [4.69, 9.17) is 4.18 Å². The van der Waals surface area contributed by atoms with Gasteiger partial charge in [-0.05, 0) is 18.4 Å². The van der Waals surface area contributed by atoms with E-state index in [2.05, 4.69) is 6.92 Å². The Bertz CT molecular complexity index is 679. The molecule has 1 atom stereocenters. The third-order valence-electron chi connectivity index (χ3n) is 4.62. The summed E-state index contributed by atoms with van der Waals surface area (Å²) in [6.45, 7) is 2.14. The Morgan fingerprint density at radius 1 is 1.16 bits per heavy atom. The Labute approximate surface area is 171 Å². The van der Waals surface area contributed by atoms with E-state index >= 15 is 0 Å². The van der Waals surface area contributed by atoms with Crippen LogP contribution in [0.25, 0.3) is 0 Å². The van der Waals surface area contributed by atoms with E-state index in [1.165, 1.54) is 12.5 Å². The van der Waals surface area contributed by atoms with E-state index in [0.717, 1.165) is 25.7 Å². The predicted molar refractivity (Wildman–Crippen MR) is 98.8 cm³/mol. The van der Waals surface area contributed by atoms with Gasteiger partial charge in [-0.3, -0.25) is 14.3 Å². The number of benzene rings is 1. The van der Waals surface area contributed by atoms with Crippen molar-refractivity contribution in [3.63, 3.8) is 0 Å². The average molecular weight is 379 g/mol. The molecule has 0 heterocycles. The molecule has 6 nitrogen and oxygen atoms in total. The minimum absolute atomic E-state index is 0. The van der Waals surface area contributed by atoms with Crippen molar-refractivity contribution in [2.75, 3.05) is 6.61 Å². The van der Waals surface area contributed by atoms with E-state index in [1.807, 2.05) is 0 Å². The molecule has 0 spiro atoms. The van der Waals surface area contributed by atoms with Crippen LogP contribution in [0.2, 0.25) is 0 Å². The normalized spacial score (nSPS) is 19.2. The Morgan fingerprint density at radius 3 is 2.48 bits per heavy atom. The van der Waals surface area contributed by atoms with Crippen molar-refractivity contribution in [3.05, 3.63) is 45.5 Å². The van der Waals surface area contributed by atoms with Crippen molar-refractivity contribution < 1.29 is 17.5 Å². The molecule has 1 unspecified atom stereocenters. The molecule has 0 aromatic heterocycles. The molecular formula is C17H26NNaO5S. The Kier molecular flexibility index (Phi) is 9.04. The molecule has 1 aromatic carbocycles. The summed E-state index contributed by atoms with van der Waals surface area (Å²) in [5, 5.41) is 11.7. The number of nitrogens with zero attached hydrogens (tertiary/aromatic N) is 1. The molecule has 0 fully saturated rings. The third-order valence-corrected chi connectivity index (χ3v) is 6.49. The first-order valence-electron chi connectivity index (χ1n) is 8.57. The molecule has 136 valence electrons. The number of nitro groups is 1. The van der Waals surface area contributed by atoms with Crippen molar-refractivity contribution in [3.8, 4) is 0 Å². The fourth-order valence-electron chi connectivity index (χ4n) is 3.25. The van der Waals surface area contributed by atoms with Crippen LogP contribution in [0.5, 0.6) is 0 Å². The van der Waals surface area contributed by atoms with E-state index in [1.54, 1.807) is 18.2 Å². The van der Waals surface area contributed by atoms with Gasteiger partial charge in [-0.25, -0.2) is 0 Å². The molecule has 25 heavy (non-hydrogen) atoms. The number of rotatable bonds is 10. The summed E-state index contributed by atoms with van der Waals surface area (Å²) in [4.78, 5) is 8.83. The first-order chi connectivity index (χ1) is 11.5. The summed E-state index contributed by atoms with van der Waals surface area (Å²) >= 11 is 0. The van der Waals surface area contributed by atoms with Crippen LogP contribution in [-0.4, -0.2) is 49.5 Å². The quantitative estimate of drug-likeness (QED) is 0.205. The molecule has 0 bridgehead atoms. The Balaban J connectivity index is 0.00000312. The number of fused-ring (bicyclic) bond motifs is 1. The fourth-order valence-corrected chi connectivity index (χ4v) is 4.78. The first-order valence-corrected chi connectivity index (χ1v) is 9.98. The number of hydrogen-bond acceptors (Lipinski definition) is 5. The van der Waals surface area contributed by atoms with Crippen molar-refractivity contribution in [2.45, 2.75) is 63.2 Å². The van der Waals surface area contributed by atoms with Gasteiger partial charge < -0.3 is 0 Å². The second-order valence-corrected chi connectivity index (χ2v) is 8.06. The number of unbranched alkanes of at least 4 members (excludes halogenated alkanes) is 5. The molecule has 1 aliphatic rings. The van der Waals surface area contributed by atoms with Gasteiger partial charge in [-0.15, -0.1) is 0 Å². The van der Waals surface area contributed by atoms with Crippen LogP contribution in [0, 0.1) is 10.1 Å². The van der Waals surface area contributed by atoms with Gasteiger partial charge in [0.1, 0.15) is 0 Å². The van der Waals surface area contributed by atoms with Gasteiger partial charge in [0.05, 0.1) is 12.2 Å². The predicted octanol–water partition coefficient (Wildman–Crippen LogP) is 3.12. The molecule has 0 amide bonds. The van der Waals surface area contributed by atoms with E-state index in [-0.39, 0.29) is 48.1 Å². The van der Waals surface area contributed by atoms with E-state index in [9.17, 15) is 18.5 Å². The average Bonchev–Trinajstić information content (AvgIpc) is 2.95. The molecule has 8 heteroatoms. The third kappa shape index (κ3) is 4.83. The van der Waals surface area contributed by atoms with Crippen LogP contribution in [0.1, 0.15) is 63.0 Å². The summed E-state index contributed by atoms with van der Waals surface area (Å²) in [7, 11) is -4.33. The van der Waals surface area contributed by atoms with Crippen LogP contribution in [0.4, 0.5) is 0 Å². The zero-order chi connectivity index (χ0) is 17.6. The topological polar surface area (TPSA) is 86.5 Å².